The molecule has 0 unspecified atom stereocenters. The molecule has 0 spiro atoms. The van der Waals surface area contributed by atoms with Crippen LogP contribution in [0.2, 0.25) is 0 Å². The first kappa shape index (κ1) is 13.0. The van der Waals surface area contributed by atoms with E-state index in [1.54, 1.807) is 30.9 Å². The maximum absolute atomic E-state index is 11.3. The van der Waals surface area contributed by atoms with Gasteiger partial charge in [-0.15, -0.1) is 5.10 Å². The second kappa shape index (κ2) is 5.05. The average molecular weight is 261 g/mol. The van der Waals surface area contributed by atoms with E-state index in [1.165, 1.54) is 0 Å². The summed E-state index contributed by atoms with van der Waals surface area (Å²) in [5.41, 5.74) is 2.03. The Balaban J connectivity index is 2.39. The third-order valence-electron chi connectivity index (χ3n) is 2.89. The Bertz CT molecular complexity index is 621. The molecule has 0 atom stereocenters. The fourth-order valence-corrected chi connectivity index (χ4v) is 1.70. The van der Waals surface area contributed by atoms with Crippen molar-refractivity contribution >= 4 is 17.5 Å². The molecule has 0 amide bonds. The highest BCUT2D eigenvalue weighted by atomic mass is 16.4. The molecule has 100 valence electrons. The van der Waals surface area contributed by atoms with Crippen LogP contribution in [0.4, 0.5) is 11.5 Å². The van der Waals surface area contributed by atoms with E-state index >= 15 is 0 Å². The molecular formula is C12H15N5O2. The maximum Gasteiger partial charge on any atom is 0.339 e. The monoisotopic (exact) mass is 261 g/mol. The molecule has 0 saturated carbocycles. The molecule has 7 heteroatoms. The van der Waals surface area contributed by atoms with Gasteiger partial charge in [-0.3, -0.25) is 4.68 Å². The van der Waals surface area contributed by atoms with Crippen molar-refractivity contribution in [3.63, 3.8) is 0 Å². The standard InChI is InChI=1S/C12H15N5O2/c1-4-17-6-9(5-13-17)14-11-10(12(18)19)7(2)8(3)15-16-11/h5-6H,4H2,1-3H3,(H,14,16)(H,18,19). The van der Waals surface area contributed by atoms with Gasteiger partial charge in [0.25, 0.3) is 0 Å². The summed E-state index contributed by atoms with van der Waals surface area (Å²) in [5, 5.41) is 24.2. The van der Waals surface area contributed by atoms with Crippen LogP contribution in [0.5, 0.6) is 0 Å². The van der Waals surface area contributed by atoms with E-state index < -0.39 is 5.97 Å². The third kappa shape index (κ3) is 2.54. The van der Waals surface area contributed by atoms with E-state index in [0.29, 0.717) is 16.9 Å². The number of aromatic carboxylic acids is 1. The van der Waals surface area contributed by atoms with Crippen molar-refractivity contribution in [2.24, 2.45) is 0 Å². The molecule has 2 aromatic rings. The number of aromatic nitrogens is 4. The highest BCUT2D eigenvalue weighted by molar-refractivity contribution is 5.95. The molecule has 0 fully saturated rings. The molecule has 0 saturated heterocycles. The lowest BCUT2D eigenvalue weighted by molar-refractivity contribution is 0.0696. The van der Waals surface area contributed by atoms with Gasteiger partial charge in [-0.1, -0.05) is 0 Å². The summed E-state index contributed by atoms with van der Waals surface area (Å²) in [5.74, 6) is -0.799. The summed E-state index contributed by atoms with van der Waals surface area (Å²) in [6.07, 6.45) is 3.40. The van der Waals surface area contributed by atoms with Crippen LogP contribution >= 0.6 is 0 Å². The topological polar surface area (TPSA) is 92.9 Å². The number of carboxylic acid groups (broad SMARTS) is 1. The lowest BCUT2D eigenvalue weighted by Gasteiger charge is -2.09. The van der Waals surface area contributed by atoms with E-state index in [4.69, 9.17) is 0 Å². The van der Waals surface area contributed by atoms with Gasteiger partial charge in [-0.05, 0) is 26.3 Å². The van der Waals surface area contributed by atoms with Gasteiger partial charge in [0, 0.05) is 12.7 Å². The van der Waals surface area contributed by atoms with Crippen molar-refractivity contribution < 1.29 is 9.90 Å². The smallest absolute Gasteiger partial charge is 0.339 e. The van der Waals surface area contributed by atoms with E-state index in [9.17, 15) is 9.90 Å². The van der Waals surface area contributed by atoms with Gasteiger partial charge in [0.05, 0.1) is 17.6 Å². The van der Waals surface area contributed by atoms with Crippen LogP contribution in [0, 0.1) is 13.8 Å². The van der Waals surface area contributed by atoms with Gasteiger partial charge in [0.2, 0.25) is 0 Å². The lowest BCUT2D eigenvalue weighted by Crippen LogP contribution is -2.10. The Morgan fingerprint density at radius 2 is 2.16 bits per heavy atom. The number of hydrogen-bond acceptors (Lipinski definition) is 5. The fraction of sp³-hybridized carbons (Fsp3) is 0.333. The molecule has 0 aliphatic carbocycles. The minimum absolute atomic E-state index is 0.136. The number of aryl methyl sites for hydroxylation is 2. The van der Waals surface area contributed by atoms with Crippen molar-refractivity contribution in [2.75, 3.05) is 5.32 Å². The quantitative estimate of drug-likeness (QED) is 0.871. The number of carboxylic acids is 1. The number of hydrogen-bond donors (Lipinski definition) is 2. The van der Waals surface area contributed by atoms with Crippen molar-refractivity contribution in [3.8, 4) is 0 Å². The summed E-state index contributed by atoms with van der Waals surface area (Å²) in [4.78, 5) is 11.3. The minimum Gasteiger partial charge on any atom is -0.478 e. The number of nitrogens with one attached hydrogen (secondary N) is 1. The molecule has 0 aromatic carbocycles. The summed E-state index contributed by atoms with van der Waals surface area (Å²) in [6, 6.07) is 0. The van der Waals surface area contributed by atoms with Gasteiger partial charge in [-0.2, -0.15) is 10.2 Å². The van der Waals surface area contributed by atoms with Crippen LogP contribution in [0.1, 0.15) is 28.5 Å². The predicted octanol–water partition coefficient (Wildman–Crippen LogP) is 1.75. The Morgan fingerprint density at radius 3 is 2.74 bits per heavy atom. The van der Waals surface area contributed by atoms with Crippen molar-refractivity contribution in [3.05, 3.63) is 29.2 Å². The first-order chi connectivity index (χ1) is 9.02. The summed E-state index contributed by atoms with van der Waals surface area (Å²) in [7, 11) is 0. The molecule has 0 aliphatic heterocycles. The molecule has 19 heavy (non-hydrogen) atoms. The first-order valence-electron chi connectivity index (χ1n) is 5.89. The molecule has 0 aliphatic rings. The first-order valence-corrected chi connectivity index (χ1v) is 5.89. The summed E-state index contributed by atoms with van der Waals surface area (Å²) >= 11 is 0. The van der Waals surface area contributed by atoms with Gasteiger partial charge in [0.15, 0.2) is 5.82 Å². The van der Waals surface area contributed by atoms with Gasteiger partial charge in [0.1, 0.15) is 5.56 Å². The Morgan fingerprint density at radius 1 is 1.42 bits per heavy atom. The van der Waals surface area contributed by atoms with Crippen molar-refractivity contribution in [1.29, 1.82) is 0 Å². The number of rotatable bonds is 4. The SMILES string of the molecule is CCn1cc(Nc2nnc(C)c(C)c2C(=O)O)cn1. The Labute approximate surface area is 110 Å². The van der Waals surface area contributed by atoms with E-state index in [1.807, 2.05) is 6.92 Å². The molecule has 0 radical (unpaired) electrons. The molecule has 7 nitrogen and oxygen atoms in total. The third-order valence-corrected chi connectivity index (χ3v) is 2.89. The minimum atomic E-state index is -1.03. The van der Waals surface area contributed by atoms with Crippen LogP contribution in [0.15, 0.2) is 12.4 Å². The number of anilines is 2. The Hall–Kier alpha value is -2.44. The molecular weight excluding hydrogens is 246 g/mol. The van der Waals surface area contributed by atoms with Crippen molar-refractivity contribution in [1.82, 2.24) is 20.0 Å². The highest BCUT2D eigenvalue weighted by Gasteiger charge is 2.18. The molecule has 2 rings (SSSR count). The second-order valence-electron chi connectivity index (χ2n) is 4.15. The van der Waals surface area contributed by atoms with Crippen LogP contribution in [-0.2, 0) is 6.54 Å². The zero-order valence-electron chi connectivity index (χ0n) is 11.0. The molecule has 2 aromatic heterocycles. The Kier molecular flexibility index (Phi) is 3.46. The van der Waals surface area contributed by atoms with Crippen LogP contribution in [0.25, 0.3) is 0 Å². The van der Waals surface area contributed by atoms with Crippen LogP contribution < -0.4 is 5.32 Å². The second-order valence-corrected chi connectivity index (χ2v) is 4.15. The fourth-order valence-electron chi connectivity index (χ4n) is 1.70. The van der Waals surface area contributed by atoms with Crippen molar-refractivity contribution in [2.45, 2.75) is 27.3 Å². The maximum atomic E-state index is 11.3. The van der Waals surface area contributed by atoms with Gasteiger partial charge < -0.3 is 10.4 Å². The number of nitrogens with zero attached hydrogens (tertiary/aromatic N) is 4. The zero-order valence-corrected chi connectivity index (χ0v) is 11.0. The van der Waals surface area contributed by atoms with Crippen LogP contribution in [-0.4, -0.2) is 31.1 Å². The summed E-state index contributed by atoms with van der Waals surface area (Å²) < 4.78 is 1.73. The lowest BCUT2D eigenvalue weighted by atomic mass is 10.1. The predicted molar refractivity (Wildman–Crippen MR) is 69.6 cm³/mol. The normalized spacial score (nSPS) is 10.5. The zero-order chi connectivity index (χ0) is 14.0. The molecule has 2 N–H and O–H groups in total. The van der Waals surface area contributed by atoms with E-state index in [-0.39, 0.29) is 11.4 Å². The van der Waals surface area contributed by atoms with E-state index in [0.717, 1.165) is 6.54 Å². The van der Waals surface area contributed by atoms with Gasteiger partial charge in [-0.25, -0.2) is 4.79 Å². The number of carbonyl (C=O) groups is 1. The average Bonchev–Trinajstić information content (AvgIpc) is 2.81. The largest absolute Gasteiger partial charge is 0.478 e. The molecule has 2 heterocycles. The molecule has 0 bridgehead atoms. The van der Waals surface area contributed by atoms with Crippen LogP contribution in [0.3, 0.4) is 0 Å². The van der Waals surface area contributed by atoms with E-state index in [2.05, 4.69) is 20.6 Å². The summed E-state index contributed by atoms with van der Waals surface area (Å²) in [6.45, 7) is 6.16. The highest BCUT2D eigenvalue weighted by Crippen LogP contribution is 2.21. The van der Waals surface area contributed by atoms with Gasteiger partial charge >= 0.3 is 5.97 Å².